The number of aryl methyl sites for hydroxylation is 2. The fraction of sp³-hybridized carbons (Fsp3) is 0.583. The van der Waals surface area contributed by atoms with Crippen molar-refractivity contribution in [1.29, 1.82) is 0 Å². The van der Waals surface area contributed by atoms with Gasteiger partial charge in [0.2, 0.25) is 0 Å². The highest BCUT2D eigenvalue weighted by Gasteiger charge is 2.62. The molecule has 4 heterocycles. The van der Waals surface area contributed by atoms with E-state index in [0.717, 1.165) is 55.7 Å². The van der Waals surface area contributed by atoms with Crippen molar-refractivity contribution in [2.75, 3.05) is 44.3 Å². The highest BCUT2D eigenvalue weighted by Crippen LogP contribution is 2.50. The number of anilines is 1. The Bertz CT molecular complexity index is 954. The van der Waals surface area contributed by atoms with Gasteiger partial charge in [0.05, 0.1) is 30.6 Å². The zero-order chi connectivity index (χ0) is 21.6. The number of ether oxygens (including phenoxy) is 2. The molecule has 7 heteroatoms. The summed E-state index contributed by atoms with van der Waals surface area (Å²) in [5.41, 5.74) is 2.79. The third kappa shape index (κ3) is 3.58. The summed E-state index contributed by atoms with van der Waals surface area (Å²) < 4.78 is 12.5. The lowest BCUT2D eigenvalue weighted by molar-refractivity contribution is -0.0648. The lowest BCUT2D eigenvalue weighted by Gasteiger charge is -2.41. The van der Waals surface area contributed by atoms with E-state index in [2.05, 4.69) is 26.9 Å². The van der Waals surface area contributed by atoms with Crippen LogP contribution in [0.15, 0.2) is 30.5 Å². The Morgan fingerprint density at radius 1 is 1.23 bits per heavy atom. The van der Waals surface area contributed by atoms with E-state index in [4.69, 9.17) is 14.5 Å². The third-order valence-electron chi connectivity index (χ3n) is 7.09. The minimum atomic E-state index is -0.283. The first-order chi connectivity index (χ1) is 15.0. The van der Waals surface area contributed by atoms with Crippen LogP contribution >= 0.6 is 0 Å². The smallest absolute Gasteiger partial charge is 0.150 e. The largest absolute Gasteiger partial charge is 0.494 e. The molecule has 5 rings (SSSR count). The summed E-state index contributed by atoms with van der Waals surface area (Å²) in [5, 5.41) is 10.2. The van der Waals surface area contributed by atoms with E-state index in [-0.39, 0.29) is 24.2 Å². The van der Waals surface area contributed by atoms with Crippen LogP contribution in [0.1, 0.15) is 23.9 Å². The molecule has 3 saturated heterocycles. The summed E-state index contributed by atoms with van der Waals surface area (Å²) in [6, 6.07) is 8.27. The first-order valence-corrected chi connectivity index (χ1v) is 11.3. The van der Waals surface area contributed by atoms with Gasteiger partial charge >= 0.3 is 0 Å². The van der Waals surface area contributed by atoms with Crippen molar-refractivity contribution in [3.8, 4) is 5.75 Å². The fourth-order valence-corrected chi connectivity index (χ4v) is 5.81. The van der Waals surface area contributed by atoms with Gasteiger partial charge in [0, 0.05) is 56.4 Å². The Morgan fingerprint density at radius 2 is 2.06 bits per heavy atom. The van der Waals surface area contributed by atoms with Gasteiger partial charge in [0.15, 0.2) is 5.82 Å². The van der Waals surface area contributed by atoms with Crippen LogP contribution in [0.4, 0.5) is 5.82 Å². The average Bonchev–Trinajstić information content (AvgIpc) is 3.17. The van der Waals surface area contributed by atoms with Gasteiger partial charge in [-0.2, -0.15) is 0 Å². The molecule has 3 fully saturated rings. The van der Waals surface area contributed by atoms with E-state index in [0.29, 0.717) is 12.5 Å². The second-order valence-electron chi connectivity index (χ2n) is 9.19. The molecule has 1 spiro atoms. The Labute approximate surface area is 184 Å². The summed E-state index contributed by atoms with van der Waals surface area (Å²) in [5.74, 6) is 2.36. The van der Waals surface area contributed by atoms with Crippen LogP contribution in [0.2, 0.25) is 0 Å². The number of nitrogens with zero attached hydrogens (tertiary/aromatic N) is 4. The highest BCUT2D eigenvalue weighted by atomic mass is 16.5. The van der Waals surface area contributed by atoms with Gasteiger partial charge in [0.25, 0.3) is 0 Å². The molecular weight excluding hydrogens is 392 g/mol. The SMILES string of the molecule is CCOc1ccccc1CN1C[C@@H]2[C@H](CO)[C@H]3CN(c4nc(C)cnc4C)C[C@]2(C1)O3. The van der Waals surface area contributed by atoms with Gasteiger partial charge < -0.3 is 19.5 Å². The summed E-state index contributed by atoms with van der Waals surface area (Å²) >= 11 is 0. The van der Waals surface area contributed by atoms with Crippen LogP contribution in [0, 0.1) is 25.7 Å². The molecule has 4 atom stereocenters. The maximum atomic E-state index is 10.2. The lowest BCUT2D eigenvalue weighted by Crippen LogP contribution is -2.54. The number of aromatic nitrogens is 2. The molecule has 0 amide bonds. The summed E-state index contributed by atoms with van der Waals surface area (Å²) in [4.78, 5) is 14.1. The van der Waals surface area contributed by atoms with Crippen molar-refractivity contribution in [3.63, 3.8) is 0 Å². The first-order valence-electron chi connectivity index (χ1n) is 11.3. The number of aliphatic hydroxyl groups excluding tert-OH is 1. The zero-order valence-electron chi connectivity index (χ0n) is 18.6. The van der Waals surface area contributed by atoms with Crippen LogP contribution in [0.5, 0.6) is 5.75 Å². The van der Waals surface area contributed by atoms with Gasteiger partial charge in [-0.15, -0.1) is 0 Å². The predicted octanol–water partition coefficient (Wildman–Crippen LogP) is 2.19. The maximum Gasteiger partial charge on any atom is 0.150 e. The minimum Gasteiger partial charge on any atom is -0.494 e. The molecule has 1 aromatic heterocycles. The Balaban J connectivity index is 1.40. The number of hydrogen-bond donors (Lipinski definition) is 1. The van der Waals surface area contributed by atoms with Gasteiger partial charge in [0.1, 0.15) is 11.4 Å². The van der Waals surface area contributed by atoms with E-state index in [1.807, 2.05) is 39.1 Å². The molecule has 3 aliphatic rings. The second-order valence-corrected chi connectivity index (χ2v) is 9.19. The van der Waals surface area contributed by atoms with Crippen LogP contribution in [0.25, 0.3) is 0 Å². The zero-order valence-corrected chi connectivity index (χ0v) is 18.6. The van der Waals surface area contributed by atoms with E-state index in [1.54, 1.807) is 0 Å². The summed E-state index contributed by atoms with van der Waals surface area (Å²) in [7, 11) is 0. The molecule has 166 valence electrons. The molecule has 7 nitrogen and oxygen atoms in total. The van der Waals surface area contributed by atoms with Crippen LogP contribution in [-0.4, -0.2) is 71.1 Å². The van der Waals surface area contributed by atoms with Crippen LogP contribution in [0.3, 0.4) is 0 Å². The molecule has 2 aromatic rings. The molecule has 3 aliphatic heterocycles. The van der Waals surface area contributed by atoms with Crippen molar-refractivity contribution < 1.29 is 14.6 Å². The topological polar surface area (TPSA) is 71.0 Å². The van der Waals surface area contributed by atoms with Crippen molar-refractivity contribution >= 4 is 5.82 Å². The fourth-order valence-electron chi connectivity index (χ4n) is 5.81. The molecule has 1 N–H and O–H groups in total. The number of para-hydroxylation sites is 1. The van der Waals surface area contributed by atoms with Crippen molar-refractivity contribution in [1.82, 2.24) is 14.9 Å². The van der Waals surface area contributed by atoms with Crippen LogP contribution < -0.4 is 9.64 Å². The quantitative estimate of drug-likeness (QED) is 0.762. The highest BCUT2D eigenvalue weighted by molar-refractivity contribution is 5.46. The number of hydrogen-bond acceptors (Lipinski definition) is 7. The van der Waals surface area contributed by atoms with Gasteiger partial charge in [-0.1, -0.05) is 18.2 Å². The molecule has 0 radical (unpaired) electrons. The normalized spacial score (nSPS) is 29.9. The Hall–Kier alpha value is -2.22. The molecule has 31 heavy (non-hydrogen) atoms. The number of rotatable bonds is 6. The molecule has 0 aliphatic carbocycles. The van der Waals surface area contributed by atoms with E-state index in [1.165, 1.54) is 5.56 Å². The van der Waals surface area contributed by atoms with Gasteiger partial charge in [-0.25, -0.2) is 4.98 Å². The van der Waals surface area contributed by atoms with Gasteiger partial charge in [-0.05, 0) is 26.8 Å². The maximum absolute atomic E-state index is 10.2. The standard InChI is InChI=1S/C24H32N4O3/c1-4-30-21-8-6-5-7-18(21)10-27-11-20-19(13-29)22-12-28(15-24(20,14-27)31-22)23-17(3)25-9-16(2)26-23/h5-9,19-20,22,29H,4,10-15H2,1-3H3/t19-,20+,22+,24-/m0/s1. The first kappa shape index (κ1) is 20.7. The monoisotopic (exact) mass is 424 g/mol. The predicted molar refractivity (Wildman–Crippen MR) is 118 cm³/mol. The second kappa shape index (κ2) is 8.04. The number of morpholine rings is 1. The number of likely N-dealkylation sites (tertiary alicyclic amines) is 1. The van der Waals surface area contributed by atoms with Crippen molar-refractivity contribution in [2.24, 2.45) is 11.8 Å². The lowest BCUT2D eigenvalue weighted by atomic mass is 9.83. The number of fused-ring (bicyclic) bond motifs is 1. The van der Waals surface area contributed by atoms with Crippen LogP contribution in [-0.2, 0) is 11.3 Å². The minimum absolute atomic E-state index is 0.0309. The van der Waals surface area contributed by atoms with E-state index < -0.39 is 0 Å². The average molecular weight is 425 g/mol. The van der Waals surface area contributed by atoms with Gasteiger partial charge in [-0.3, -0.25) is 9.88 Å². The summed E-state index contributed by atoms with van der Waals surface area (Å²) in [6.45, 7) is 11.0. The molecule has 1 aromatic carbocycles. The molecule has 0 saturated carbocycles. The Kier molecular flexibility index (Phi) is 5.36. The Morgan fingerprint density at radius 3 is 2.87 bits per heavy atom. The van der Waals surface area contributed by atoms with Crippen molar-refractivity contribution in [3.05, 3.63) is 47.4 Å². The number of benzene rings is 1. The third-order valence-corrected chi connectivity index (χ3v) is 7.09. The van der Waals surface area contributed by atoms with E-state index in [9.17, 15) is 5.11 Å². The molecular formula is C24H32N4O3. The number of aliphatic hydroxyl groups is 1. The molecule has 0 unspecified atom stereocenters. The summed E-state index contributed by atoms with van der Waals surface area (Å²) in [6.07, 6.45) is 1.85. The molecule has 2 bridgehead atoms. The van der Waals surface area contributed by atoms with Crippen molar-refractivity contribution in [2.45, 2.75) is 39.0 Å². The van der Waals surface area contributed by atoms with E-state index >= 15 is 0 Å².